The lowest BCUT2D eigenvalue weighted by Crippen LogP contribution is -2.46. The number of nitrogens with one attached hydrogen (secondary N) is 2. The summed E-state index contributed by atoms with van der Waals surface area (Å²) in [5.74, 6) is -0.493. The third-order valence-corrected chi connectivity index (χ3v) is 2.77. The summed E-state index contributed by atoms with van der Waals surface area (Å²) in [5.41, 5.74) is 0.161. The topological polar surface area (TPSA) is 58.2 Å². The van der Waals surface area contributed by atoms with Crippen LogP contribution in [0.5, 0.6) is 0 Å². The molecule has 0 atom stereocenters. The zero-order valence-electron chi connectivity index (χ0n) is 14.3. The molecule has 0 aliphatic rings. The molecule has 4 heteroatoms. The van der Waals surface area contributed by atoms with Gasteiger partial charge in [-0.2, -0.15) is 0 Å². The number of benzene rings is 1. The maximum Gasteiger partial charge on any atom is 0.268 e. The highest BCUT2D eigenvalue weighted by Gasteiger charge is 2.25. The summed E-state index contributed by atoms with van der Waals surface area (Å²) in [6.07, 6.45) is 1.69. The minimum absolute atomic E-state index is 0.196. The van der Waals surface area contributed by atoms with Gasteiger partial charge in [-0.25, -0.2) is 0 Å². The minimum atomic E-state index is -0.572. The van der Waals surface area contributed by atoms with Crippen LogP contribution in [0.2, 0.25) is 0 Å². The van der Waals surface area contributed by atoms with Gasteiger partial charge in [0.1, 0.15) is 5.70 Å². The van der Waals surface area contributed by atoms with E-state index in [1.54, 1.807) is 6.08 Å². The molecule has 4 nitrogen and oxygen atoms in total. The maximum absolute atomic E-state index is 12.4. The van der Waals surface area contributed by atoms with E-state index in [-0.39, 0.29) is 23.1 Å². The van der Waals surface area contributed by atoms with Crippen LogP contribution >= 0.6 is 0 Å². The van der Waals surface area contributed by atoms with Gasteiger partial charge in [-0.1, -0.05) is 51.1 Å². The third kappa shape index (κ3) is 6.12. The van der Waals surface area contributed by atoms with Crippen LogP contribution < -0.4 is 10.6 Å². The van der Waals surface area contributed by atoms with Gasteiger partial charge in [-0.05, 0) is 32.4 Å². The third-order valence-electron chi connectivity index (χ3n) is 2.77. The first kappa shape index (κ1) is 18.0. The lowest BCUT2D eigenvalue weighted by atomic mass is 9.95. The van der Waals surface area contributed by atoms with Crippen LogP contribution in [-0.4, -0.2) is 17.4 Å². The van der Waals surface area contributed by atoms with Crippen LogP contribution in [0.4, 0.5) is 0 Å². The van der Waals surface area contributed by atoms with Gasteiger partial charge in [0.25, 0.3) is 5.91 Å². The minimum Gasteiger partial charge on any atom is -0.346 e. The Bertz CT molecular complexity index is 561. The van der Waals surface area contributed by atoms with Crippen molar-refractivity contribution < 1.29 is 9.59 Å². The molecular weight excluding hydrogens is 276 g/mol. The molecule has 1 rings (SSSR count). The van der Waals surface area contributed by atoms with Crippen molar-refractivity contribution in [3.8, 4) is 0 Å². The summed E-state index contributed by atoms with van der Waals surface area (Å²) in [4.78, 5) is 24.6. The Labute approximate surface area is 133 Å². The number of carbonyl (C=O) groups is 2. The number of amides is 2. The summed E-state index contributed by atoms with van der Waals surface area (Å²) in [6.45, 7) is 11.1. The first-order valence-electron chi connectivity index (χ1n) is 7.40. The quantitative estimate of drug-likeness (QED) is 0.843. The smallest absolute Gasteiger partial charge is 0.268 e. The fourth-order valence-corrected chi connectivity index (χ4v) is 1.59. The van der Waals surface area contributed by atoms with Crippen molar-refractivity contribution in [2.45, 2.75) is 47.1 Å². The number of hydrogen-bond donors (Lipinski definition) is 2. The van der Waals surface area contributed by atoms with Gasteiger partial charge in [0, 0.05) is 11.0 Å². The van der Waals surface area contributed by atoms with E-state index in [0.29, 0.717) is 0 Å². The van der Waals surface area contributed by atoms with Crippen LogP contribution in [0.1, 0.15) is 47.1 Å². The lowest BCUT2D eigenvalue weighted by Gasteiger charge is -2.24. The number of hydrogen-bond acceptors (Lipinski definition) is 2. The van der Waals surface area contributed by atoms with E-state index in [9.17, 15) is 9.59 Å². The van der Waals surface area contributed by atoms with E-state index in [2.05, 4.69) is 10.6 Å². The summed E-state index contributed by atoms with van der Waals surface area (Å²) < 4.78 is 0. The fourth-order valence-electron chi connectivity index (χ4n) is 1.59. The Morgan fingerprint density at radius 3 is 1.95 bits per heavy atom. The molecule has 2 N–H and O–H groups in total. The standard InChI is InChI=1S/C18H26N2O2/c1-17(2,3)16(22)19-14(15(21)20-18(4,5)6)12-13-10-8-7-9-11-13/h7-12H,1-6H3,(H,19,22)(H,20,21)/b14-12+. The Morgan fingerprint density at radius 1 is 0.955 bits per heavy atom. The van der Waals surface area contributed by atoms with Crippen molar-refractivity contribution in [2.75, 3.05) is 0 Å². The second-order valence-electron chi connectivity index (χ2n) is 7.38. The molecule has 0 aliphatic heterocycles. The molecule has 0 aliphatic carbocycles. The highest BCUT2D eigenvalue weighted by Crippen LogP contribution is 2.15. The van der Waals surface area contributed by atoms with Gasteiger partial charge in [-0.15, -0.1) is 0 Å². The van der Waals surface area contributed by atoms with Crippen LogP contribution in [0.25, 0.3) is 6.08 Å². The number of rotatable bonds is 3. The molecule has 0 saturated carbocycles. The normalized spacial score (nSPS) is 12.7. The van der Waals surface area contributed by atoms with E-state index in [0.717, 1.165) is 5.56 Å². The molecule has 0 spiro atoms. The first-order chi connectivity index (χ1) is 9.99. The zero-order valence-corrected chi connectivity index (χ0v) is 14.3. The average molecular weight is 302 g/mol. The van der Waals surface area contributed by atoms with Gasteiger partial charge in [0.05, 0.1) is 0 Å². The monoisotopic (exact) mass is 302 g/mol. The predicted octanol–water partition coefficient (Wildman–Crippen LogP) is 3.10. The van der Waals surface area contributed by atoms with Crippen molar-refractivity contribution in [2.24, 2.45) is 5.41 Å². The molecule has 120 valence electrons. The Hall–Kier alpha value is -2.10. The Morgan fingerprint density at radius 2 is 1.50 bits per heavy atom. The highest BCUT2D eigenvalue weighted by molar-refractivity contribution is 6.02. The molecule has 0 heterocycles. The van der Waals surface area contributed by atoms with E-state index in [4.69, 9.17) is 0 Å². The molecule has 1 aromatic carbocycles. The molecule has 0 aromatic heterocycles. The highest BCUT2D eigenvalue weighted by atomic mass is 16.2. The fraction of sp³-hybridized carbons (Fsp3) is 0.444. The molecule has 0 unspecified atom stereocenters. The lowest BCUT2D eigenvalue weighted by molar-refractivity contribution is -0.129. The van der Waals surface area contributed by atoms with Gasteiger partial charge >= 0.3 is 0 Å². The van der Waals surface area contributed by atoms with Crippen LogP contribution in [0.3, 0.4) is 0 Å². The van der Waals surface area contributed by atoms with Crippen molar-refractivity contribution >= 4 is 17.9 Å². The SMILES string of the molecule is CC(C)(C)NC(=O)/C(=C\c1ccccc1)NC(=O)C(C)(C)C. The summed E-state index contributed by atoms with van der Waals surface area (Å²) in [6, 6.07) is 9.44. The zero-order chi connectivity index (χ0) is 17.0. The summed E-state index contributed by atoms with van der Waals surface area (Å²) >= 11 is 0. The number of carbonyl (C=O) groups excluding carboxylic acids is 2. The van der Waals surface area contributed by atoms with Gasteiger partial charge in [0.2, 0.25) is 5.91 Å². The van der Waals surface area contributed by atoms with Gasteiger partial charge in [-0.3, -0.25) is 9.59 Å². The predicted molar refractivity (Wildman–Crippen MR) is 89.9 cm³/mol. The van der Waals surface area contributed by atoms with Crippen molar-refractivity contribution in [3.63, 3.8) is 0 Å². The van der Waals surface area contributed by atoms with Crippen molar-refractivity contribution in [1.82, 2.24) is 10.6 Å². The van der Waals surface area contributed by atoms with Gasteiger partial charge in [0.15, 0.2) is 0 Å². The van der Waals surface area contributed by atoms with E-state index in [1.807, 2.05) is 71.9 Å². The molecule has 0 fully saturated rings. The van der Waals surface area contributed by atoms with E-state index in [1.165, 1.54) is 0 Å². The molecule has 22 heavy (non-hydrogen) atoms. The Kier molecular flexibility index (Phi) is 5.53. The average Bonchev–Trinajstić information content (AvgIpc) is 2.36. The summed E-state index contributed by atoms with van der Waals surface area (Å²) in [5, 5.41) is 5.61. The molecule has 0 saturated heterocycles. The van der Waals surface area contributed by atoms with Crippen molar-refractivity contribution in [3.05, 3.63) is 41.6 Å². The first-order valence-corrected chi connectivity index (χ1v) is 7.40. The van der Waals surface area contributed by atoms with Gasteiger partial charge < -0.3 is 10.6 Å². The molecule has 0 bridgehead atoms. The summed E-state index contributed by atoms with van der Waals surface area (Å²) in [7, 11) is 0. The largest absolute Gasteiger partial charge is 0.346 e. The van der Waals surface area contributed by atoms with E-state index >= 15 is 0 Å². The maximum atomic E-state index is 12.4. The molecule has 0 radical (unpaired) electrons. The molecular formula is C18H26N2O2. The molecule has 2 amide bonds. The molecule has 1 aromatic rings. The van der Waals surface area contributed by atoms with Crippen LogP contribution in [0, 0.1) is 5.41 Å². The van der Waals surface area contributed by atoms with E-state index < -0.39 is 5.41 Å². The van der Waals surface area contributed by atoms with Crippen LogP contribution in [-0.2, 0) is 9.59 Å². The Balaban J connectivity index is 3.08. The van der Waals surface area contributed by atoms with Crippen molar-refractivity contribution in [1.29, 1.82) is 0 Å². The second-order valence-corrected chi connectivity index (χ2v) is 7.38. The second kappa shape index (κ2) is 6.77. The van der Waals surface area contributed by atoms with Crippen LogP contribution in [0.15, 0.2) is 36.0 Å².